The van der Waals surface area contributed by atoms with Gasteiger partial charge in [-0.2, -0.15) is 0 Å². The van der Waals surface area contributed by atoms with Gasteiger partial charge in [0.05, 0.1) is 17.9 Å². The predicted octanol–water partition coefficient (Wildman–Crippen LogP) is 4.80. The quantitative estimate of drug-likeness (QED) is 0.301. The standard InChI is InChI=1S/C33H40N4O7/c1-32(2,3)43-30(40)36-19-27-24(34-21-37(27)31(41)44-33(4,5)6)18-26(36)28(38)35-25(17-22-13-9-7-10-14-22)29(39)42-20-23-15-11-8-12-16-23/h7-16,21,25-26H,17-20H2,1-6H3,(H,35,38)/t25-,26-/m0/s1. The fourth-order valence-electron chi connectivity index (χ4n) is 4.67. The summed E-state index contributed by atoms with van der Waals surface area (Å²) in [6, 6.07) is 16.4. The van der Waals surface area contributed by atoms with E-state index >= 15 is 0 Å². The normalized spacial score (nSPS) is 15.5. The summed E-state index contributed by atoms with van der Waals surface area (Å²) in [6.45, 7) is 10.3. The topological polar surface area (TPSA) is 129 Å². The fraction of sp³-hybridized carbons (Fsp3) is 0.424. The molecule has 0 unspecified atom stereocenters. The Morgan fingerprint density at radius 1 is 0.864 bits per heavy atom. The third-order valence-corrected chi connectivity index (χ3v) is 6.66. The first-order valence-corrected chi connectivity index (χ1v) is 14.5. The minimum Gasteiger partial charge on any atom is -0.459 e. The van der Waals surface area contributed by atoms with E-state index in [4.69, 9.17) is 14.2 Å². The molecule has 11 heteroatoms. The highest BCUT2D eigenvalue weighted by Crippen LogP contribution is 2.26. The highest BCUT2D eigenvalue weighted by atomic mass is 16.6. The van der Waals surface area contributed by atoms with Crippen LogP contribution >= 0.6 is 0 Å². The summed E-state index contributed by atoms with van der Waals surface area (Å²) >= 11 is 0. The van der Waals surface area contributed by atoms with E-state index in [9.17, 15) is 19.2 Å². The Morgan fingerprint density at radius 3 is 2.02 bits per heavy atom. The molecular weight excluding hydrogens is 564 g/mol. The monoisotopic (exact) mass is 604 g/mol. The Labute approximate surface area is 257 Å². The molecule has 0 aliphatic carbocycles. The van der Waals surface area contributed by atoms with Gasteiger partial charge in [-0.05, 0) is 52.7 Å². The van der Waals surface area contributed by atoms with Gasteiger partial charge in [-0.15, -0.1) is 0 Å². The molecule has 0 bridgehead atoms. The van der Waals surface area contributed by atoms with Crippen molar-refractivity contribution in [3.8, 4) is 0 Å². The SMILES string of the molecule is CC(C)(C)OC(=O)N1Cc2c(ncn2C(=O)OC(C)(C)C)C[C@H]1C(=O)N[C@@H](Cc1ccccc1)C(=O)OCc1ccccc1. The molecule has 1 aliphatic heterocycles. The first-order chi connectivity index (χ1) is 20.7. The molecule has 0 radical (unpaired) electrons. The van der Waals surface area contributed by atoms with Gasteiger partial charge in [0, 0.05) is 12.8 Å². The molecule has 1 aromatic heterocycles. The van der Waals surface area contributed by atoms with Crippen LogP contribution in [0.4, 0.5) is 9.59 Å². The van der Waals surface area contributed by atoms with Crippen molar-refractivity contribution in [2.75, 3.05) is 0 Å². The van der Waals surface area contributed by atoms with Crippen molar-refractivity contribution >= 4 is 24.1 Å². The van der Waals surface area contributed by atoms with Crippen molar-refractivity contribution in [3.63, 3.8) is 0 Å². The number of carbonyl (C=O) groups is 4. The lowest BCUT2D eigenvalue weighted by Gasteiger charge is -2.36. The third kappa shape index (κ3) is 8.68. The molecule has 2 heterocycles. The zero-order valence-electron chi connectivity index (χ0n) is 26.0. The van der Waals surface area contributed by atoms with Gasteiger partial charge >= 0.3 is 18.2 Å². The number of hydrogen-bond acceptors (Lipinski definition) is 8. The summed E-state index contributed by atoms with van der Waals surface area (Å²) in [5.41, 5.74) is 0.905. The second-order valence-electron chi connectivity index (χ2n) is 12.7. The van der Waals surface area contributed by atoms with Crippen LogP contribution in [0.1, 0.15) is 64.1 Å². The number of imidazole rings is 1. The Bertz CT molecular complexity index is 1470. The van der Waals surface area contributed by atoms with Gasteiger partial charge in [-0.3, -0.25) is 9.69 Å². The lowest BCUT2D eigenvalue weighted by molar-refractivity contribution is -0.149. The van der Waals surface area contributed by atoms with E-state index in [1.165, 1.54) is 15.8 Å². The van der Waals surface area contributed by atoms with Crippen molar-refractivity contribution in [1.29, 1.82) is 0 Å². The number of carbonyl (C=O) groups excluding carboxylic acids is 4. The molecule has 44 heavy (non-hydrogen) atoms. The summed E-state index contributed by atoms with van der Waals surface area (Å²) in [5, 5.41) is 2.82. The molecule has 2 aromatic carbocycles. The van der Waals surface area contributed by atoms with Crippen molar-refractivity contribution < 1.29 is 33.4 Å². The first-order valence-electron chi connectivity index (χ1n) is 14.5. The largest absolute Gasteiger partial charge is 0.459 e. The summed E-state index contributed by atoms with van der Waals surface area (Å²) in [4.78, 5) is 59.2. The average molecular weight is 605 g/mol. The van der Waals surface area contributed by atoms with Crippen LogP contribution < -0.4 is 5.32 Å². The van der Waals surface area contributed by atoms with Gasteiger partial charge in [0.1, 0.15) is 36.2 Å². The zero-order chi connectivity index (χ0) is 32.1. The molecular formula is C33H40N4O7. The second kappa shape index (κ2) is 13.3. The molecule has 0 spiro atoms. The van der Waals surface area contributed by atoms with Crippen LogP contribution in [-0.2, 0) is 49.8 Å². The number of nitrogens with one attached hydrogen (secondary N) is 1. The van der Waals surface area contributed by atoms with Gasteiger partial charge in [0.25, 0.3) is 0 Å². The molecule has 1 aliphatic rings. The molecule has 0 fully saturated rings. The number of hydrogen-bond donors (Lipinski definition) is 1. The minimum atomic E-state index is -1.07. The van der Waals surface area contributed by atoms with Crippen molar-refractivity contribution in [2.24, 2.45) is 0 Å². The summed E-state index contributed by atoms with van der Waals surface area (Å²) in [5.74, 6) is -1.19. The molecule has 4 rings (SSSR count). The summed E-state index contributed by atoms with van der Waals surface area (Å²) < 4.78 is 18.0. The first kappa shape index (κ1) is 32.2. The van der Waals surface area contributed by atoms with Crippen LogP contribution in [0.25, 0.3) is 0 Å². The van der Waals surface area contributed by atoms with Crippen LogP contribution in [0.15, 0.2) is 67.0 Å². The number of esters is 1. The Kier molecular flexibility index (Phi) is 9.76. The highest BCUT2D eigenvalue weighted by Gasteiger charge is 2.41. The van der Waals surface area contributed by atoms with Crippen LogP contribution in [0, 0.1) is 0 Å². The molecule has 2 atom stereocenters. The summed E-state index contributed by atoms with van der Waals surface area (Å²) in [6.07, 6.45) is 0.102. The van der Waals surface area contributed by atoms with Gasteiger partial charge in [0.15, 0.2) is 0 Å². The predicted molar refractivity (Wildman–Crippen MR) is 161 cm³/mol. The Morgan fingerprint density at radius 2 is 1.43 bits per heavy atom. The van der Waals surface area contributed by atoms with Gasteiger partial charge < -0.3 is 19.5 Å². The van der Waals surface area contributed by atoms with E-state index in [0.29, 0.717) is 11.4 Å². The number of fused-ring (bicyclic) bond motifs is 1. The number of rotatable bonds is 7. The maximum absolute atomic E-state index is 13.9. The fourth-order valence-corrected chi connectivity index (χ4v) is 4.67. The highest BCUT2D eigenvalue weighted by molar-refractivity contribution is 5.90. The zero-order valence-corrected chi connectivity index (χ0v) is 26.0. The van der Waals surface area contributed by atoms with Gasteiger partial charge in [-0.1, -0.05) is 60.7 Å². The minimum absolute atomic E-state index is 0.00662. The second-order valence-corrected chi connectivity index (χ2v) is 12.7. The smallest absolute Gasteiger partial charge is 0.420 e. The van der Waals surface area contributed by atoms with E-state index in [-0.39, 0.29) is 26.0 Å². The van der Waals surface area contributed by atoms with Crippen LogP contribution in [0.5, 0.6) is 0 Å². The average Bonchev–Trinajstić information content (AvgIpc) is 3.37. The van der Waals surface area contributed by atoms with E-state index in [0.717, 1.165) is 11.1 Å². The third-order valence-electron chi connectivity index (χ3n) is 6.66. The van der Waals surface area contributed by atoms with Gasteiger partial charge in [-0.25, -0.2) is 23.9 Å². The van der Waals surface area contributed by atoms with Crippen LogP contribution in [0.2, 0.25) is 0 Å². The maximum Gasteiger partial charge on any atom is 0.420 e. The van der Waals surface area contributed by atoms with E-state index in [1.54, 1.807) is 41.5 Å². The van der Waals surface area contributed by atoms with Gasteiger partial charge in [0.2, 0.25) is 5.91 Å². The molecule has 1 N–H and O–H groups in total. The molecule has 11 nitrogen and oxygen atoms in total. The van der Waals surface area contributed by atoms with E-state index in [1.807, 2.05) is 60.7 Å². The number of benzene rings is 2. The lowest BCUT2D eigenvalue weighted by atomic mass is 10.0. The van der Waals surface area contributed by atoms with Crippen molar-refractivity contribution in [3.05, 3.63) is 89.5 Å². The Balaban J connectivity index is 1.60. The molecule has 3 aromatic rings. The number of ether oxygens (including phenoxy) is 3. The van der Waals surface area contributed by atoms with E-state index < -0.39 is 47.3 Å². The molecule has 2 amide bonds. The molecule has 0 saturated carbocycles. The number of aromatic nitrogens is 2. The van der Waals surface area contributed by atoms with Crippen LogP contribution in [0.3, 0.4) is 0 Å². The van der Waals surface area contributed by atoms with E-state index in [2.05, 4.69) is 10.3 Å². The maximum atomic E-state index is 13.9. The summed E-state index contributed by atoms with van der Waals surface area (Å²) in [7, 11) is 0. The molecule has 0 saturated heterocycles. The van der Waals surface area contributed by atoms with Crippen molar-refractivity contribution in [1.82, 2.24) is 19.8 Å². The van der Waals surface area contributed by atoms with Crippen LogP contribution in [-0.4, -0.2) is 61.8 Å². The number of amides is 2. The van der Waals surface area contributed by atoms with Crippen molar-refractivity contribution in [2.45, 2.75) is 90.8 Å². The molecule has 234 valence electrons. The lowest BCUT2D eigenvalue weighted by Crippen LogP contribution is -2.57. The Hall–Kier alpha value is -4.67. The number of nitrogens with zero attached hydrogens (tertiary/aromatic N) is 3.